The summed E-state index contributed by atoms with van der Waals surface area (Å²) in [5, 5.41) is 28.3. The summed E-state index contributed by atoms with van der Waals surface area (Å²) in [7, 11) is 0. The fourth-order valence-corrected chi connectivity index (χ4v) is 3.27. The normalized spacial score (nSPS) is 18.1. The van der Waals surface area contributed by atoms with Gasteiger partial charge in [-0.25, -0.2) is 0 Å². The Labute approximate surface area is 184 Å². The maximum Gasteiger partial charge on any atom is 0.325 e. The Bertz CT molecular complexity index is 840. The van der Waals surface area contributed by atoms with Gasteiger partial charge in [0, 0.05) is 6.42 Å². The van der Waals surface area contributed by atoms with E-state index < -0.39 is 54.3 Å². The van der Waals surface area contributed by atoms with E-state index in [1.807, 2.05) is 0 Å². The van der Waals surface area contributed by atoms with E-state index >= 15 is 0 Å². The van der Waals surface area contributed by atoms with Crippen molar-refractivity contribution >= 4 is 29.7 Å². The molecule has 1 saturated heterocycles. The molecule has 0 saturated carbocycles. The zero-order valence-electron chi connectivity index (χ0n) is 17.7. The molecule has 0 radical (unpaired) electrons. The van der Waals surface area contributed by atoms with Crippen LogP contribution in [0.2, 0.25) is 0 Å². The zero-order valence-corrected chi connectivity index (χ0v) is 17.7. The second-order valence-electron chi connectivity index (χ2n) is 7.63. The van der Waals surface area contributed by atoms with Crippen molar-refractivity contribution in [1.82, 2.24) is 21.3 Å². The quantitative estimate of drug-likeness (QED) is 0.250. The van der Waals surface area contributed by atoms with Crippen LogP contribution in [0, 0.1) is 0 Å². The first-order chi connectivity index (χ1) is 15.2. The molecule has 0 aromatic heterocycles. The highest BCUT2D eigenvalue weighted by molar-refractivity contribution is 5.95. The van der Waals surface area contributed by atoms with E-state index in [2.05, 4.69) is 21.3 Å². The van der Waals surface area contributed by atoms with Crippen LogP contribution >= 0.6 is 0 Å². The van der Waals surface area contributed by atoms with Crippen LogP contribution in [0.15, 0.2) is 30.3 Å². The van der Waals surface area contributed by atoms with Gasteiger partial charge in [0.2, 0.25) is 17.7 Å². The molecule has 4 unspecified atom stereocenters. The first-order valence-corrected chi connectivity index (χ1v) is 10.3. The van der Waals surface area contributed by atoms with Crippen LogP contribution in [0.25, 0.3) is 0 Å². The number of benzene rings is 1. The molecule has 1 aliphatic rings. The van der Waals surface area contributed by atoms with Gasteiger partial charge in [-0.1, -0.05) is 30.3 Å². The number of carboxylic acids is 2. The Balaban J connectivity index is 2.16. The maximum atomic E-state index is 13.0. The average Bonchev–Trinajstić information content (AvgIpc) is 3.28. The highest BCUT2D eigenvalue weighted by atomic mass is 16.4. The number of nitrogens with one attached hydrogen (secondary N) is 4. The first-order valence-electron chi connectivity index (χ1n) is 10.3. The minimum Gasteiger partial charge on any atom is -0.481 e. The van der Waals surface area contributed by atoms with Crippen molar-refractivity contribution in [3.05, 3.63) is 35.9 Å². The lowest BCUT2D eigenvalue weighted by molar-refractivity contribution is -0.143. The SMILES string of the molecule is CC(NC(=O)C(CC(=O)O)NC(=O)C(Cc1ccccc1)NC(=O)C1CCCN1)C(=O)O. The Hall–Kier alpha value is -3.47. The lowest BCUT2D eigenvalue weighted by Crippen LogP contribution is -2.57. The van der Waals surface area contributed by atoms with Crippen LogP contribution in [-0.2, 0) is 30.4 Å². The molecule has 1 heterocycles. The summed E-state index contributed by atoms with van der Waals surface area (Å²) in [6.45, 7) is 1.91. The summed E-state index contributed by atoms with van der Waals surface area (Å²) in [6.07, 6.45) is 0.830. The van der Waals surface area contributed by atoms with E-state index in [9.17, 15) is 24.0 Å². The molecule has 11 nitrogen and oxygen atoms in total. The van der Waals surface area contributed by atoms with Gasteiger partial charge in [-0.05, 0) is 31.9 Å². The third-order valence-corrected chi connectivity index (χ3v) is 5.03. The average molecular weight is 448 g/mol. The third-order valence-electron chi connectivity index (χ3n) is 5.03. The molecular weight excluding hydrogens is 420 g/mol. The molecular formula is C21H28N4O7. The molecule has 1 fully saturated rings. The number of carbonyl (C=O) groups excluding carboxylic acids is 3. The van der Waals surface area contributed by atoms with E-state index in [4.69, 9.17) is 10.2 Å². The number of hydrogen-bond acceptors (Lipinski definition) is 6. The molecule has 0 aliphatic carbocycles. The maximum absolute atomic E-state index is 13.0. The van der Waals surface area contributed by atoms with E-state index in [-0.39, 0.29) is 12.3 Å². The molecule has 0 bridgehead atoms. The van der Waals surface area contributed by atoms with Crippen molar-refractivity contribution in [1.29, 1.82) is 0 Å². The third kappa shape index (κ3) is 7.65. The van der Waals surface area contributed by atoms with E-state index in [1.165, 1.54) is 6.92 Å². The van der Waals surface area contributed by atoms with Crippen molar-refractivity contribution in [2.75, 3.05) is 6.54 Å². The summed E-state index contributed by atoms with van der Waals surface area (Å²) in [5.74, 6) is -4.72. The molecule has 2 rings (SSSR count). The van der Waals surface area contributed by atoms with Crippen molar-refractivity contribution in [2.45, 2.75) is 56.8 Å². The minimum atomic E-state index is -1.51. The molecule has 1 aromatic rings. The smallest absolute Gasteiger partial charge is 0.325 e. The standard InChI is InChI=1S/C21H28N4O7/c1-12(21(31)32)23-19(29)16(11-17(26)27)25-20(30)15(10-13-6-3-2-4-7-13)24-18(28)14-8-5-9-22-14/h2-4,6-7,12,14-16,22H,5,8-11H2,1H3,(H,23,29)(H,24,28)(H,25,30)(H,26,27)(H,31,32). The summed E-state index contributed by atoms with van der Waals surface area (Å²) in [6, 6.07) is 4.62. The van der Waals surface area contributed by atoms with Crippen LogP contribution in [0.5, 0.6) is 0 Å². The summed E-state index contributed by atoms with van der Waals surface area (Å²) < 4.78 is 0. The molecule has 4 atom stereocenters. The summed E-state index contributed by atoms with van der Waals surface area (Å²) >= 11 is 0. The van der Waals surface area contributed by atoms with Gasteiger partial charge in [-0.2, -0.15) is 0 Å². The van der Waals surface area contributed by atoms with Crippen molar-refractivity contribution < 1.29 is 34.2 Å². The van der Waals surface area contributed by atoms with Crippen LogP contribution in [0.1, 0.15) is 31.7 Å². The molecule has 6 N–H and O–H groups in total. The highest BCUT2D eigenvalue weighted by Crippen LogP contribution is 2.08. The fraction of sp³-hybridized carbons (Fsp3) is 0.476. The van der Waals surface area contributed by atoms with Gasteiger partial charge in [-0.3, -0.25) is 24.0 Å². The topological polar surface area (TPSA) is 174 Å². The lowest BCUT2D eigenvalue weighted by atomic mass is 10.0. The first kappa shape index (κ1) is 24.8. The van der Waals surface area contributed by atoms with E-state index in [0.29, 0.717) is 13.0 Å². The highest BCUT2D eigenvalue weighted by Gasteiger charge is 2.31. The van der Waals surface area contributed by atoms with Crippen LogP contribution < -0.4 is 21.3 Å². The largest absolute Gasteiger partial charge is 0.481 e. The van der Waals surface area contributed by atoms with E-state index in [0.717, 1.165) is 12.0 Å². The van der Waals surface area contributed by atoms with Crippen LogP contribution in [0.3, 0.4) is 0 Å². The number of rotatable bonds is 11. The number of hydrogen-bond donors (Lipinski definition) is 6. The van der Waals surface area contributed by atoms with E-state index in [1.54, 1.807) is 30.3 Å². The van der Waals surface area contributed by atoms with Gasteiger partial charge < -0.3 is 31.5 Å². The van der Waals surface area contributed by atoms with Gasteiger partial charge in [0.1, 0.15) is 18.1 Å². The van der Waals surface area contributed by atoms with Crippen LogP contribution in [-0.4, -0.2) is 70.6 Å². The van der Waals surface area contributed by atoms with Crippen LogP contribution in [0.4, 0.5) is 0 Å². The van der Waals surface area contributed by atoms with Crippen molar-refractivity contribution in [3.8, 4) is 0 Å². The minimum absolute atomic E-state index is 0.123. The molecule has 11 heteroatoms. The van der Waals surface area contributed by atoms with Gasteiger partial charge in [0.15, 0.2) is 0 Å². The number of amides is 3. The van der Waals surface area contributed by atoms with Gasteiger partial charge in [0.25, 0.3) is 0 Å². The zero-order chi connectivity index (χ0) is 23.7. The Morgan fingerprint density at radius 3 is 2.22 bits per heavy atom. The number of aliphatic carboxylic acids is 2. The molecule has 1 aromatic carbocycles. The number of carbonyl (C=O) groups is 5. The van der Waals surface area contributed by atoms with Crippen molar-refractivity contribution in [3.63, 3.8) is 0 Å². The van der Waals surface area contributed by atoms with Gasteiger partial charge in [-0.15, -0.1) is 0 Å². The Morgan fingerprint density at radius 2 is 1.66 bits per heavy atom. The second kappa shape index (κ2) is 11.8. The van der Waals surface area contributed by atoms with Gasteiger partial charge >= 0.3 is 11.9 Å². The molecule has 3 amide bonds. The predicted molar refractivity (Wildman–Crippen MR) is 113 cm³/mol. The molecule has 32 heavy (non-hydrogen) atoms. The Kier molecular flexibility index (Phi) is 9.14. The number of carboxylic acid groups (broad SMARTS) is 2. The molecule has 0 spiro atoms. The lowest BCUT2D eigenvalue weighted by Gasteiger charge is -2.24. The molecule has 1 aliphatic heterocycles. The second-order valence-corrected chi connectivity index (χ2v) is 7.63. The fourth-order valence-electron chi connectivity index (χ4n) is 3.27. The van der Waals surface area contributed by atoms with Gasteiger partial charge in [0.05, 0.1) is 12.5 Å². The summed E-state index contributed by atoms with van der Waals surface area (Å²) in [5.41, 5.74) is 0.756. The van der Waals surface area contributed by atoms with Crippen molar-refractivity contribution in [2.24, 2.45) is 0 Å². The Morgan fingerprint density at radius 1 is 1.00 bits per heavy atom. The monoisotopic (exact) mass is 448 g/mol. The summed E-state index contributed by atoms with van der Waals surface area (Å²) in [4.78, 5) is 60.1. The predicted octanol–water partition coefficient (Wildman–Crippen LogP) is -0.985. The molecule has 174 valence electrons.